The first-order valence-corrected chi connectivity index (χ1v) is 6.38. The van der Waals surface area contributed by atoms with E-state index in [0.717, 1.165) is 11.0 Å². The quantitative estimate of drug-likeness (QED) is 0.517. The van der Waals surface area contributed by atoms with Crippen molar-refractivity contribution in [2.45, 2.75) is 0 Å². The van der Waals surface area contributed by atoms with Crippen molar-refractivity contribution < 1.29 is 0 Å². The Morgan fingerprint density at radius 3 is 2.72 bits per heavy atom. The summed E-state index contributed by atoms with van der Waals surface area (Å²) in [5.74, 6) is 0. The van der Waals surface area contributed by atoms with E-state index < -0.39 is 0 Å². The van der Waals surface area contributed by atoms with Crippen molar-refractivity contribution in [3.05, 3.63) is 61.1 Å². The zero-order valence-corrected chi connectivity index (χ0v) is 10.4. The van der Waals surface area contributed by atoms with E-state index in [4.69, 9.17) is 0 Å². The minimum atomic E-state index is 0.956. The zero-order valence-electron chi connectivity index (χ0n) is 9.58. The number of hydrogen-bond donors (Lipinski definition) is 1. The molecule has 0 radical (unpaired) electrons. The maximum absolute atomic E-state index is 4.09. The summed E-state index contributed by atoms with van der Waals surface area (Å²) in [7, 11) is 0. The molecule has 0 aliphatic heterocycles. The fraction of sp³-hybridized carbons (Fsp3) is 0. The molecule has 3 aromatic heterocycles. The molecule has 4 heteroatoms. The van der Waals surface area contributed by atoms with Gasteiger partial charge in [-0.3, -0.25) is 0 Å². The molecule has 0 fully saturated rings. The number of nitrogens with zero attached hydrogens (tertiary/aromatic N) is 2. The number of fused-ring (bicyclic) bond motifs is 2. The van der Waals surface area contributed by atoms with E-state index in [-0.39, 0.29) is 0 Å². The number of aromatic nitrogens is 3. The second-order valence-electron chi connectivity index (χ2n) is 3.78. The third kappa shape index (κ3) is 2.24. The lowest BCUT2D eigenvalue weighted by molar-refractivity contribution is 1.33. The van der Waals surface area contributed by atoms with Crippen LogP contribution in [0.2, 0.25) is 0 Å². The van der Waals surface area contributed by atoms with Crippen LogP contribution in [0.5, 0.6) is 0 Å². The first kappa shape index (κ1) is 10.9. The molecule has 18 heavy (non-hydrogen) atoms. The van der Waals surface area contributed by atoms with Crippen LogP contribution in [0, 0.1) is 0 Å². The molecule has 0 aliphatic rings. The fourth-order valence-corrected chi connectivity index (χ4v) is 2.34. The van der Waals surface area contributed by atoms with Gasteiger partial charge in [0.15, 0.2) is 0 Å². The first-order chi connectivity index (χ1) is 8.93. The standard InChI is InChI=1S/C7H6N2.C7H5NS/c1-2-6-3-5-9-7(6)8-4-1;1-2-4-7-6(3-1)5-8-9-7/h1-5H,(H,8,9);1-5H. The van der Waals surface area contributed by atoms with Gasteiger partial charge in [-0.2, -0.15) is 4.37 Å². The van der Waals surface area contributed by atoms with Crippen molar-refractivity contribution in [2.75, 3.05) is 0 Å². The van der Waals surface area contributed by atoms with E-state index in [1.807, 2.05) is 42.7 Å². The molecule has 4 aromatic rings. The highest BCUT2D eigenvalue weighted by atomic mass is 32.1. The van der Waals surface area contributed by atoms with Crippen molar-refractivity contribution >= 4 is 32.7 Å². The Bertz CT molecular complexity index is 631. The minimum absolute atomic E-state index is 0.956. The van der Waals surface area contributed by atoms with Crippen LogP contribution in [0.4, 0.5) is 0 Å². The normalized spacial score (nSPS) is 10.2. The van der Waals surface area contributed by atoms with Gasteiger partial charge in [-0.15, -0.1) is 0 Å². The maximum atomic E-state index is 4.09. The topological polar surface area (TPSA) is 41.6 Å². The number of pyridine rings is 1. The van der Waals surface area contributed by atoms with Crippen LogP contribution >= 0.6 is 11.5 Å². The Morgan fingerprint density at radius 2 is 1.83 bits per heavy atom. The molecule has 0 atom stereocenters. The third-order valence-electron chi connectivity index (χ3n) is 2.58. The van der Waals surface area contributed by atoms with Crippen molar-refractivity contribution in [1.29, 1.82) is 0 Å². The van der Waals surface area contributed by atoms with Crippen LogP contribution in [-0.4, -0.2) is 14.3 Å². The predicted octanol–water partition coefficient (Wildman–Crippen LogP) is 3.86. The number of nitrogens with one attached hydrogen (secondary N) is 1. The average Bonchev–Trinajstić information content (AvgIpc) is 3.08. The summed E-state index contributed by atoms with van der Waals surface area (Å²) in [5, 5.41) is 2.40. The van der Waals surface area contributed by atoms with E-state index in [2.05, 4.69) is 26.5 Å². The highest BCUT2D eigenvalue weighted by Gasteiger charge is 1.89. The fourth-order valence-electron chi connectivity index (χ4n) is 1.69. The zero-order chi connectivity index (χ0) is 12.2. The van der Waals surface area contributed by atoms with E-state index in [0.29, 0.717) is 0 Å². The molecule has 3 nitrogen and oxygen atoms in total. The molecular formula is C14H11N3S. The molecule has 0 amide bonds. The Kier molecular flexibility index (Phi) is 3.02. The maximum Gasteiger partial charge on any atom is 0.137 e. The molecular weight excluding hydrogens is 242 g/mol. The molecule has 0 saturated carbocycles. The van der Waals surface area contributed by atoms with Crippen LogP contribution in [-0.2, 0) is 0 Å². The lowest BCUT2D eigenvalue weighted by atomic mass is 10.3. The molecule has 0 bridgehead atoms. The van der Waals surface area contributed by atoms with Gasteiger partial charge in [-0.1, -0.05) is 18.2 Å². The third-order valence-corrected chi connectivity index (χ3v) is 3.36. The number of rotatable bonds is 0. The average molecular weight is 253 g/mol. The van der Waals surface area contributed by atoms with Crippen LogP contribution < -0.4 is 0 Å². The predicted molar refractivity (Wildman–Crippen MR) is 75.7 cm³/mol. The summed E-state index contributed by atoms with van der Waals surface area (Å²) in [6, 6.07) is 14.2. The highest BCUT2D eigenvalue weighted by Crippen LogP contribution is 2.15. The van der Waals surface area contributed by atoms with Gasteiger partial charge in [0, 0.05) is 29.4 Å². The summed E-state index contributed by atoms with van der Waals surface area (Å²) in [5.41, 5.74) is 0.956. The summed E-state index contributed by atoms with van der Waals surface area (Å²) in [4.78, 5) is 7.09. The van der Waals surface area contributed by atoms with Gasteiger partial charge >= 0.3 is 0 Å². The Hall–Kier alpha value is -2.20. The molecule has 3 heterocycles. The van der Waals surface area contributed by atoms with Crippen LogP contribution in [0.3, 0.4) is 0 Å². The van der Waals surface area contributed by atoms with Crippen LogP contribution in [0.1, 0.15) is 0 Å². The molecule has 4 rings (SSSR count). The van der Waals surface area contributed by atoms with Crippen LogP contribution in [0.25, 0.3) is 21.1 Å². The van der Waals surface area contributed by atoms with Crippen molar-refractivity contribution in [3.63, 3.8) is 0 Å². The van der Waals surface area contributed by atoms with Gasteiger partial charge in [-0.05, 0) is 35.8 Å². The Morgan fingerprint density at radius 1 is 0.944 bits per heavy atom. The summed E-state index contributed by atoms with van der Waals surface area (Å²) in [6.45, 7) is 0. The lowest BCUT2D eigenvalue weighted by Crippen LogP contribution is -1.70. The molecule has 0 aliphatic carbocycles. The number of hydrogen-bond acceptors (Lipinski definition) is 3. The van der Waals surface area contributed by atoms with Crippen molar-refractivity contribution in [1.82, 2.24) is 14.3 Å². The highest BCUT2D eigenvalue weighted by molar-refractivity contribution is 7.13. The Balaban J connectivity index is 0.000000111. The summed E-state index contributed by atoms with van der Waals surface area (Å²) in [6.07, 6.45) is 5.55. The van der Waals surface area contributed by atoms with E-state index >= 15 is 0 Å². The van der Waals surface area contributed by atoms with Gasteiger partial charge in [-0.25, -0.2) is 4.98 Å². The summed E-state index contributed by atoms with van der Waals surface area (Å²) < 4.78 is 5.30. The summed E-state index contributed by atoms with van der Waals surface area (Å²) >= 11 is 1.54. The molecule has 0 unspecified atom stereocenters. The van der Waals surface area contributed by atoms with E-state index in [1.165, 1.54) is 21.6 Å². The van der Waals surface area contributed by atoms with Crippen LogP contribution in [0.15, 0.2) is 61.1 Å². The van der Waals surface area contributed by atoms with Gasteiger partial charge in [0.25, 0.3) is 0 Å². The van der Waals surface area contributed by atoms with Gasteiger partial charge in [0.1, 0.15) is 5.65 Å². The monoisotopic (exact) mass is 253 g/mol. The van der Waals surface area contributed by atoms with Crippen molar-refractivity contribution in [3.8, 4) is 0 Å². The molecule has 0 spiro atoms. The van der Waals surface area contributed by atoms with Gasteiger partial charge in [0.05, 0.1) is 4.70 Å². The Labute approximate surface area is 108 Å². The van der Waals surface area contributed by atoms with E-state index in [1.54, 1.807) is 6.20 Å². The van der Waals surface area contributed by atoms with Crippen molar-refractivity contribution in [2.24, 2.45) is 0 Å². The number of H-pyrrole nitrogens is 1. The molecule has 1 N–H and O–H groups in total. The molecule has 0 saturated heterocycles. The SMILES string of the molecule is c1ccc2sncc2c1.c1cnc2[nH]ccc2c1. The minimum Gasteiger partial charge on any atom is -0.346 e. The molecule has 1 aromatic carbocycles. The lowest BCUT2D eigenvalue weighted by Gasteiger charge is -1.82. The van der Waals surface area contributed by atoms with Gasteiger partial charge < -0.3 is 4.98 Å². The smallest absolute Gasteiger partial charge is 0.137 e. The largest absolute Gasteiger partial charge is 0.346 e. The first-order valence-electron chi connectivity index (χ1n) is 5.61. The van der Waals surface area contributed by atoms with Gasteiger partial charge in [0.2, 0.25) is 0 Å². The van der Waals surface area contributed by atoms with E-state index in [9.17, 15) is 0 Å². The second kappa shape index (κ2) is 4.98. The second-order valence-corrected chi connectivity index (χ2v) is 4.62. The number of aromatic amines is 1. The number of benzene rings is 1. The molecule has 88 valence electrons.